The average molecular weight is 503 g/mol. The van der Waals surface area contributed by atoms with Gasteiger partial charge in [0.15, 0.2) is 0 Å². The Morgan fingerprint density at radius 2 is 1.88 bits per heavy atom. The molecular weight excluding hydrogens is 471 g/mol. The second-order valence-electron chi connectivity index (χ2n) is 8.44. The van der Waals surface area contributed by atoms with E-state index in [4.69, 9.17) is 0 Å². The van der Waals surface area contributed by atoms with Gasteiger partial charge < -0.3 is 14.5 Å². The Hall–Kier alpha value is -2.07. The number of rotatable bonds is 7. The zero-order chi connectivity index (χ0) is 24.8. The Morgan fingerprint density at radius 3 is 2.56 bits per heavy atom. The highest BCUT2D eigenvalue weighted by Gasteiger charge is 2.33. The molecule has 3 heterocycles. The minimum Gasteiger partial charge on any atom is -0.371 e. The molecule has 10 heteroatoms. The first-order chi connectivity index (χ1) is 16.3. The second kappa shape index (κ2) is 12.1. The molecule has 0 radical (unpaired) electrons. The predicted molar refractivity (Wildman–Crippen MR) is 127 cm³/mol. The standard InChI is InChI=1S/C22H25F5N4S.C2H6/c1-13-17(31-8-5-14(11-31)10-30-7-6-15(12-30)22(26)27)9-16(23)21(20(13)25)32-29-19-4-2-3-18(24)28-19;1-2/h2-4,9,14-15,22H,5-8,10-12H2,1H3,(H,28,29);1-2H3. The van der Waals surface area contributed by atoms with Gasteiger partial charge in [-0.05, 0) is 62.4 Å². The van der Waals surface area contributed by atoms with Crippen molar-refractivity contribution in [2.45, 2.75) is 44.9 Å². The summed E-state index contributed by atoms with van der Waals surface area (Å²) in [5.74, 6) is -2.19. The fourth-order valence-electron chi connectivity index (χ4n) is 4.47. The molecule has 1 aromatic carbocycles. The van der Waals surface area contributed by atoms with Crippen molar-refractivity contribution in [1.29, 1.82) is 0 Å². The van der Waals surface area contributed by atoms with Gasteiger partial charge in [-0.2, -0.15) is 4.39 Å². The van der Waals surface area contributed by atoms with Crippen molar-refractivity contribution in [3.8, 4) is 0 Å². The largest absolute Gasteiger partial charge is 0.371 e. The molecule has 2 aromatic rings. The lowest BCUT2D eigenvalue weighted by molar-refractivity contribution is 0.0798. The molecule has 2 aliphatic heterocycles. The van der Waals surface area contributed by atoms with E-state index < -0.39 is 29.9 Å². The molecule has 4 rings (SSSR count). The molecule has 0 amide bonds. The van der Waals surface area contributed by atoms with Crippen molar-refractivity contribution >= 4 is 23.5 Å². The second-order valence-corrected chi connectivity index (χ2v) is 9.26. The number of benzene rings is 1. The molecule has 2 saturated heterocycles. The van der Waals surface area contributed by atoms with E-state index in [-0.39, 0.29) is 16.6 Å². The van der Waals surface area contributed by atoms with E-state index in [9.17, 15) is 17.6 Å². The van der Waals surface area contributed by atoms with Gasteiger partial charge in [-0.1, -0.05) is 19.9 Å². The Morgan fingerprint density at radius 1 is 1.12 bits per heavy atom. The predicted octanol–water partition coefficient (Wildman–Crippen LogP) is 6.37. The molecule has 2 fully saturated rings. The lowest BCUT2D eigenvalue weighted by Crippen LogP contribution is -2.30. The number of halogens is 5. The highest BCUT2D eigenvalue weighted by Crippen LogP contribution is 2.36. The summed E-state index contributed by atoms with van der Waals surface area (Å²) in [6, 6.07) is 5.46. The van der Waals surface area contributed by atoms with E-state index in [1.807, 2.05) is 18.7 Å². The third-order valence-electron chi connectivity index (χ3n) is 6.17. The summed E-state index contributed by atoms with van der Waals surface area (Å²) >= 11 is 0.710. The van der Waals surface area contributed by atoms with Crippen LogP contribution in [0.4, 0.5) is 33.5 Å². The fourth-order valence-corrected chi connectivity index (χ4v) is 5.19. The van der Waals surface area contributed by atoms with Gasteiger partial charge in [0.05, 0.1) is 0 Å². The van der Waals surface area contributed by atoms with Crippen LogP contribution in [0.1, 0.15) is 32.3 Å². The zero-order valence-electron chi connectivity index (χ0n) is 19.6. The molecule has 0 saturated carbocycles. The zero-order valence-corrected chi connectivity index (χ0v) is 20.4. The summed E-state index contributed by atoms with van der Waals surface area (Å²) in [7, 11) is 0. The van der Waals surface area contributed by atoms with Crippen LogP contribution in [0.5, 0.6) is 0 Å². The molecule has 0 spiro atoms. The van der Waals surface area contributed by atoms with E-state index in [0.717, 1.165) is 13.0 Å². The van der Waals surface area contributed by atoms with Crippen LogP contribution in [-0.2, 0) is 0 Å². The third kappa shape index (κ3) is 6.33. The highest BCUT2D eigenvalue weighted by atomic mass is 32.2. The molecule has 1 aromatic heterocycles. The lowest BCUT2D eigenvalue weighted by Gasteiger charge is -2.24. The van der Waals surface area contributed by atoms with Gasteiger partial charge in [-0.25, -0.2) is 22.5 Å². The van der Waals surface area contributed by atoms with Crippen molar-refractivity contribution < 1.29 is 22.0 Å². The van der Waals surface area contributed by atoms with Crippen molar-refractivity contribution in [1.82, 2.24) is 9.88 Å². The molecule has 2 unspecified atom stereocenters. The Kier molecular flexibility index (Phi) is 9.41. The van der Waals surface area contributed by atoms with Crippen LogP contribution in [0, 0.1) is 36.3 Å². The van der Waals surface area contributed by atoms with Gasteiger partial charge >= 0.3 is 0 Å². The van der Waals surface area contributed by atoms with Crippen LogP contribution in [0.15, 0.2) is 29.2 Å². The molecule has 2 atom stereocenters. The summed E-state index contributed by atoms with van der Waals surface area (Å²) in [4.78, 5) is 7.45. The molecule has 188 valence electrons. The molecule has 0 bridgehead atoms. The minimum absolute atomic E-state index is 0.161. The van der Waals surface area contributed by atoms with Gasteiger partial charge in [0.25, 0.3) is 0 Å². The summed E-state index contributed by atoms with van der Waals surface area (Å²) in [6.07, 6.45) is -0.916. The van der Waals surface area contributed by atoms with Crippen LogP contribution in [0.25, 0.3) is 0 Å². The number of alkyl halides is 2. The van der Waals surface area contributed by atoms with E-state index in [1.165, 1.54) is 24.3 Å². The monoisotopic (exact) mass is 502 g/mol. The van der Waals surface area contributed by atoms with E-state index in [1.54, 1.807) is 6.92 Å². The van der Waals surface area contributed by atoms with Gasteiger partial charge in [0, 0.05) is 43.3 Å². The van der Waals surface area contributed by atoms with Crippen LogP contribution in [0.3, 0.4) is 0 Å². The third-order valence-corrected chi connectivity index (χ3v) is 7.06. The van der Waals surface area contributed by atoms with E-state index in [2.05, 4.69) is 14.6 Å². The number of anilines is 2. The number of hydrogen-bond donors (Lipinski definition) is 1. The molecule has 2 aliphatic rings. The number of likely N-dealkylation sites (tertiary alicyclic amines) is 1. The Labute approximate surface area is 202 Å². The number of aromatic nitrogens is 1. The number of pyridine rings is 1. The van der Waals surface area contributed by atoms with Crippen molar-refractivity contribution in [2.24, 2.45) is 11.8 Å². The minimum atomic E-state index is -2.28. The number of hydrogen-bond acceptors (Lipinski definition) is 5. The SMILES string of the molecule is CC.Cc1c(N2CCC(CN3CCC(C(F)F)C3)C2)cc(F)c(SNc2cccc(F)n2)c1F. The first-order valence-electron chi connectivity index (χ1n) is 11.6. The fraction of sp³-hybridized carbons (Fsp3) is 0.542. The lowest BCUT2D eigenvalue weighted by atomic mass is 10.1. The van der Waals surface area contributed by atoms with Crippen molar-refractivity contribution in [3.63, 3.8) is 0 Å². The smallest absolute Gasteiger partial charge is 0.242 e. The maximum atomic E-state index is 15.0. The van der Waals surface area contributed by atoms with Gasteiger partial charge in [-0.3, -0.25) is 0 Å². The summed E-state index contributed by atoms with van der Waals surface area (Å²) in [6.45, 7) is 8.71. The summed E-state index contributed by atoms with van der Waals surface area (Å²) < 4.78 is 71.4. The maximum absolute atomic E-state index is 15.0. The first kappa shape index (κ1) is 26.5. The van der Waals surface area contributed by atoms with Gasteiger partial charge in [0.2, 0.25) is 12.4 Å². The van der Waals surface area contributed by atoms with Crippen molar-refractivity contribution in [3.05, 3.63) is 47.4 Å². The van der Waals surface area contributed by atoms with Gasteiger partial charge in [0.1, 0.15) is 22.3 Å². The normalized spacial score (nSPS) is 20.6. The van der Waals surface area contributed by atoms with Crippen molar-refractivity contribution in [2.75, 3.05) is 42.3 Å². The molecular formula is C24H31F5N4S. The Balaban J connectivity index is 0.00000158. The van der Waals surface area contributed by atoms with Crippen LogP contribution in [0.2, 0.25) is 0 Å². The van der Waals surface area contributed by atoms with Crippen LogP contribution in [-0.4, -0.2) is 49.0 Å². The quantitative estimate of drug-likeness (QED) is 0.270. The molecule has 4 nitrogen and oxygen atoms in total. The molecule has 1 N–H and O–H groups in total. The van der Waals surface area contributed by atoms with Gasteiger partial charge in [-0.15, -0.1) is 0 Å². The highest BCUT2D eigenvalue weighted by molar-refractivity contribution is 8.00. The average Bonchev–Trinajstić information content (AvgIpc) is 3.48. The Bertz CT molecular complexity index is 961. The topological polar surface area (TPSA) is 31.4 Å². The first-order valence-corrected chi connectivity index (χ1v) is 12.4. The van der Waals surface area contributed by atoms with Crippen LogP contribution < -0.4 is 9.62 Å². The number of nitrogens with one attached hydrogen (secondary N) is 1. The molecule has 0 aliphatic carbocycles. The summed E-state index contributed by atoms with van der Waals surface area (Å²) in [5, 5.41) is 0. The van der Waals surface area contributed by atoms with E-state index >= 15 is 4.39 Å². The maximum Gasteiger partial charge on any atom is 0.242 e. The van der Waals surface area contributed by atoms with E-state index in [0.29, 0.717) is 55.8 Å². The molecule has 34 heavy (non-hydrogen) atoms. The summed E-state index contributed by atoms with van der Waals surface area (Å²) in [5.41, 5.74) is 0.838. The number of nitrogens with zero attached hydrogens (tertiary/aromatic N) is 3. The van der Waals surface area contributed by atoms with Crippen LogP contribution >= 0.6 is 11.9 Å².